The summed E-state index contributed by atoms with van der Waals surface area (Å²) in [6, 6.07) is 13.0. The molecule has 25 heavy (non-hydrogen) atoms. The lowest BCUT2D eigenvalue weighted by Gasteiger charge is -2.13. The molecule has 3 rings (SSSR count). The number of aromatic amines is 1. The van der Waals surface area contributed by atoms with Crippen molar-refractivity contribution in [2.75, 3.05) is 13.2 Å². The summed E-state index contributed by atoms with van der Waals surface area (Å²) in [4.78, 5) is 15.9. The van der Waals surface area contributed by atoms with Gasteiger partial charge in [0.1, 0.15) is 0 Å². The molecule has 6 heteroatoms. The second-order valence-electron chi connectivity index (χ2n) is 5.51. The molecule has 1 heterocycles. The predicted molar refractivity (Wildman–Crippen MR) is 101 cm³/mol. The maximum absolute atomic E-state index is 12.8. The van der Waals surface area contributed by atoms with Gasteiger partial charge >= 0.3 is 0 Å². The van der Waals surface area contributed by atoms with Crippen LogP contribution in [-0.2, 0) is 6.54 Å². The zero-order valence-electron chi connectivity index (χ0n) is 14.2. The highest BCUT2D eigenvalue weighted by Gasteiger charge is 2.09. The molecule has 1 N–H and O–H groups in total. The van der Waals surface area contributed by atoms with Crippen LogP contribution in [0.1, 0.15) is 19.4 Å². The number of fused-ring (bicyclic) bond motifs is 1. The molecule has 0 aliphatic rings. The van der Waals surface area contributed by atoms with E-state index < -0.39 is 0 Å². The van der Waals surface area contributed by atoms with Crippen LogP contribution in [0.5, 0.6) is 11.5 Å². The van der Waals surface area contributed by atoms with Gasteiger partial charge in [-0.25, -0.2) is 0 Å². The zero-order valence-corrected chi connectivity index (χ0v) is 15.1. The van der Waals surface area contributed by atoms with E-state index in [9.17, 15) is 4.79 Å². The Morgan fingerprint density at radius 1 is 1.04 bits per heavy atom. The van der Waals surface area contributed by atoms with E-state index in [4.69, 9.17) is 21.7 Å². The molecule has 0 saturated carbocycles. The minimum absolute atomic E-state index is 0.105. The van der Waals surface area contributed by atoms with Gasteiger partial charge in [-0.2, -0.15) is 0 Å². The summed E-state index contributed by atoms with van der Waals surface area (Å²) in [5.74, 6) is 1.37. The first-order valence-electron chi connectivity index (χ1n) is 8.24. The van der Waals surface area contributed by atoms with Crippen molar-refractivity contribution in [3.8, 4) is 11.5 Å². The van der Waals surface area contributed by atoms with Crippen molar-refractivity contribution in [2.24, 2.45) is 0 Å². The third-order valence-electron chi connectivity index (χ3n) is 3.84. The van der Waals surface area contributed by atoms with Gasteiger partial charge in [-0.05, 0) is 55.9 Å². The quantitative estimate of drug-likeness (QED) is 0.681. The summed E-state index contributed by atoms with van der Waals surface area (Å²) in [6.07, 6.45) is 0. The van der Waals surface area contributed by atoms with Crippen molar-refractivity contribution in [1.82, 2.24) is 9.55 Å². The molecule has 0 spiro atoms. The van der Waals surface area contributed by atoms with Crippen molar-refractivity contribution < 1.29 is 9.47 Å². The largest absolute Gasteiger partial charge is 0.490 e. The second kappa shape index (κ2) is 7.53. The average molecular weight is 356 g/mol. The van der Waals surface area contributed by atoms with Crippen molar-refractivity contribution in [3.05, 3.63) is 63.2 Å². The fourth-order valence-corrected chi connectivity index (χ4v) is 2.98. The van der Waals surface area contributed by atoms with Crippen LogP contribution in [0, 0.1) is 4.77 Å². The van der Waals surface area contributed by atoms with E-state index in [1.54, 1.807) is 10.6 Å². The first-order valence-corrected chi connectivity index (χ1v) is 8.65. The van der Waals surface area contributed by atoms with E-state index in [2.05, 4.69) is 4.98 Å². The Morgan fingerprint density at radius 2 is 1.76 bits per heavy atom. The molecule has 130 valence electrons. The van der Waals surface area contributed by atoms with Crippen molar-refractivity contribution in [3.63, 3.8) is 0 Å². The maximum atomic E-state index is 12.8. The van der Waals surface area contributed by atoms with Crippen LogP contribution in [0.15, 0.2) is 47.3 Å². The van der Waals surface area contributed by atoms with Crippen LogP contribution >= 0.6 is 12.2 Å². The molecular weight excluding hydrogens is 336 g/mol. The lowest BCUT2D eigenvalue weighted by atomic mass is 10.2. The Labute approximate surface area is 150 Å². The Morgan fingerprint density at radius 3 is 2.52 bits per heavy atom. The molecule has 0 aliphatic heterocycles. The minimum Gasteiger partial charge on any atom is -0.490 e. The van der Waals surface area contributed by atoms with Crippen molar-refractivity contribution in [1.29, 1.82) is 0 Å². The molecule has 0 aliphatic carbocycles. The third kappa shape index (κ3) is 3.58. The van der Waals surface area contributed by atoms with Gasteiger partial charge in [0.05, 0.1) is 30.7 Å². The molecular formula is C19H20N2O3S. The summed E-state index contributed by atoms with van der Waals surface area (Å²) >= 11 is 5.37. The molecule has 1 aromatic heterocycles. The van der Waals surface area contributed by atoms with Gasteiger partial charge in [0.2, 0.25) is 0 Å². The van der Waals surface area contributed by atoms with Gasteiger partial charge in [-0.15, -0.1) is 0 Å². The Bertz CT molecular complexity index is 1010. The normalized spacial score (nSPS) is 10.8. The molecule has 0 atom stereocenters. The number of nitrogens with zero attached hydrogens (tertiary/aromatic N) is 1. The molecule has 0 bridgehead atoms. The highest BCUT2D eigenvalue weighted by atomic mass is 32.1. The van der Waals surface area contributed by atoms with Crippen molar-refractivity contribution in [2.45, 2.75) is 20.4 Å². The van der Waals surface area contributed by atoms with Crippen molar-refractivity contribution >= 4 is 23.1 Å². The molecule has 3 aromatic rings. The second-order valence-corrected chi connectivity index (χ2v) is 5.90. The number of ether oxygens (including phenoxy) is 2. The molecule has 2 aromatic carbocycles. The molecule has 0 saturated heterocycles. The molecule has 0 fully saturated rings. The molecule has 0 unspecified atom stereocenters. The van der Waals surface area contributed by atoms with Gasteiger partial charge in [0.25, 0.3) is 5.56 Å². The number of benzene rings is 2. The van der Waals surface area contributed by atoms with Crippen LogP contribution < -0.4 is 15.0 Å². The Hall–Kier alpha value is -2.60. The lowest BCUT2D eigenvalue weighted by Crippen LogP contribution is -2.22. The van der Waals surface area contributed by atoms with E-state index in [1.165, 1.54) is 0 Å². The predicted octanol–water partition coefficient (Wildman–Crippen LogP) is 3.90. The highest BCUT2D eigenvalue weighted by Crippen LogP contribution is 2.28. The number of hydrogen-bond acceptors (Lipinski definition) is 4. The van der Waals surface area contributed by atoms with Gasteiger partial charge in [-0.1, -0.05) is 18.2 Å². The summed E-state index contributed by atoms with van der Waals surface area (Å²) in [6.45, 7) is 5.32. The number of H-pyrrole nitrogens is 1. The first kappa shape index (κ1) is 17.2. The fourth-order valence-electron chi connectivity index (χ4n) is 2.72. The Balaban J connectivity index is 2.03. The van der Waals surface area contributed by atoms with Crippen LogP contribution in [-0.4, -0.2) is 22.8 Å². The minimum atomic E-state index is -0.105. The van der Waals surface area contributed by atoms with E-state index in [-0.39, 0.29) is 5.56 Å². The van der Waals surface area contributed by atoms with Gasteiger partial charge in [-0.3, -0.25) is 9.36 Å². The number of rotatable bonds is 6. The summed E-state index contributed by atoms with van der Waals surface area (Å²) < 4.78 is 13.2. The van der Waals surface area contributed by atoms with Crippen LogP contribution in [0.4, 0.5) is 0 Å². The molecule has 0 amide bonds. The third-order valence-corrected chi connectivity index (χ3v) is 4.16. The van der Waals surface area contributed by atoms with E-state index in [0.717, 1.165) is 11.1 Å². The standard InChI is InChI=1S/C19H20N2O3S/c1-3-23-16-10-9-13(11-17(16)24-4-2)12-21-18(22)14-7-5-6-8-15(14)20-19(21)25/h5-11H,3-4,12H2,1-2H3,(H,20,25). The topological polar surface area (TPSA) is 56.2 Å². The van der Waals surface area contributed by atoms with Gasteiger partial charge in [0.15, 0.2) is 16.3 Å². The maximum Gasteiger partial charge on any atom is 0.262 e. The first-order chi connectivity index (χ1) is 12.1. The van der Waals surface area contributed by atoms with E-state index in [0.29, 0.717) is 41.4 Å². The van der Waals surface area contributed by atoms with Crippen LogP contribution in [0.2, 0.25) is 0 Å². The summed E-state index contributed by atoms with van der Waals surface area (Å²) in [5, 5.41) is 0.618. The van der Waals surface area contributed by atoms with E-state index in [1.807, 2.05) is 50.2 Å². The number of para-hydroxylation sites is 1. The highest BCUT2D eigenvalue weighted by molar-refractivity contribution is 7.71. The number of hydrogen-bond donors (Lipinski definition) is 1. The SMILES string of the molecule is CCOc1ccc(Cn2c(=S)[nH]c3ccccc3c2=O)cc1OCC. The zero-order chi connectivity index (χ0) is 17.8. The molecule has 0 radical (unpaired) electrons. The van der Waals surface area contributed by atoms with Crippen LogP contribution in [0.25, 0.3) is 10.9 Å². The lowest BCUT2D eigenvalue weighted by molar-refractivity contribution is 0.287. The molecule has 5 nitrogen and oxygen atoms in total. The van der Waals surface area contributed by atoms with Crippen LogP contribution in [0.3, 0.4) is 0 Å². The number of nitrogens with one attached hydrogen (secondary N) is 1. The summed E-state index contributed by atoms with van der Waals surface area (Å²) in [5.41, 5.74) is 1.56. The average Bonchev–Trinajstić information content (AvgIpc) is 2.61. The Kier molecular flexibility index (Phi) is 5.19. The summed E-state index contributed by atoms with van der Waals surface area (Å²) in [7, 11) is 0. The van der Waals surface area contributed by atoms with E-state index >= 15 is 0 Å². The monoisotopic (exact) mass is 356 g/mol. The number of aromatic nitrogens is 2. The van der Waals surface area contributed by atoms with Gasteiger partial charge in [0, 0.05) is 0 Å². The fraction of sp³-hybridized carbons (Fsp3) is 0.263. The van der Waals surface area contributed by atoms with Gasteiger partial charge < -0.3 is 14.5 Å². The smallest absolute Gasteiger partial charge is 0.262 e.